The number of unbranched alkanes of at least 4 members (excludes halogenated alkanes) is 1. The van der Waals surface area contributed by atoms with Crippen LogP contribution < -0.4 is 5.32 Å². The van der Waals surface area contributed by atoms with Gasteiger partial charge in [-0.2, -0.15) is 0 Å². The first-order valence-corrected chi connectivity index (χ1v) is 8.76. The van der Waals surface area contributed by atoms with Crippen LogP contribution in [0.4, 0.5) is 0 Å². The van der Waals surface area contributed by atoms with Crippen molar-refractivity contribution in [2.75, 3.05) is 19.8 Å². The van der Waals surface area contributed by atoms with Crippen LogP contribution in [0.15, 0.2) is 0 Å². The molecule has 0 spiro atoms. The van der Waals surface area contributed by atoms with Gasteiger partial charge in [-0.05, 0) is 23.2 Å². The molecule has 0 bridgehead atoms. The molecule has 0 aromatic heterocycles. The van der Waals surface area contributed by atoms with E-state index in [9.17, 15) is 5.11 Å². The molecule has 3 nitrogen and oxygen atoms in total. The zero-order valence-electron chi connectivity index (χ0n) is 15.0. The van der Waals surface area contributed by atoms with E-state index in [1.54, 1.807) is 0 Å². The second-order valence-electron chi connectivity index (χ2n) is 7.89. The summed E-state index contributed by atoms with van der Waals surface area (Å²) in [6.07, 6.45) is 4.53. The summed E-state index contributed by atoms with van der Waals surface area (Å²) in [5.74, 6) is 0.645. The van der Waals surface area contributed by atoms with Gasteiger partial charge in [0.25, 0.3) is 0 Å². The third-order valence-corrected chi connectivity index (χ3v) is 5.79. The van der Waals surface area contributed by atoms with Crippen LogP contribution in [-0.4, -0.2) is 37.0 Å². The van der Waals surface area contributed by atoms with Crippen LogP contribution >= 0.6 is 0 Å². The quantitative estimate of drug-likeness (QED) is 0.612. The van der Waals surface area contributed by atoms with Gasteiger partial charge < -0.3 is 15.2 Å². The Hall–Kier alpha value is -0.120. The van der Waals surface area contributed by atoms with Crippen molar-refractivity contribution in [3.63, 3.8) is 0 Å². The lowest BCUT2D eigenvalue weighted by molar-refractivity contribution is 0.0188. The van der Waals surface area contributed by atoms with Crippen molar-refractivity contribution < 1.29 is 9.84 Å². The minimum absolute atomic E-state index is 0.320. The second kappa shape index (κ2) is 7.94. The highest BCUT2D eigenvalue weighted by molar-refractivity contribution is 5.17. The Morgan fingerprint density at radius 2 is 1.71 bits per heavy atom. The van der Waals surface area contributed by atoms with Crippen molar-refractivity contribution in [3.05, 3.63) is 0 Å². The molecule has 1 saturated carbocycles. The molecule has 0 heterocycles. The molecular formula is C18H37NO2. The molecule has 0 radical (unpaired) electrons. The standard InChI is InChI=1S/C18H37NO2/c1-7-9-10-14(8-2)12-21-13-15(20)11-19-16-17(3,4)18(16,5)6/h14-16,19-20H,7-13H2,1-6H3. The molecule has 21 heavy (non-hydrogen) atoms. The Kier molecular flexibility index (Phi) is 7.15. The minimum atomic E-state index is -0.402. The summed E-state index contributed by atoms with van der Waals surface area (Å²) >= 11 is 0. The van der Waals surface area contributed by atoms with Crippen molar-refractivity contribution in [1.29, 1.82) is 0 Å². The highest BCUT2D eigenvalue weighted by Crippen LogP contribution is 2.62. The lowest BCUT2D eigenvalue weighted by Crippen LogP contribution is -2.34. The van der Waals surface area contributed by atoms with E-state index in [2.05, 4.69) is 46.9 Å². The van der Waals surface area contributed by atoms with Gasteiger partial charge in [0, 0.05) is 19.2 Å². The van der Waals surface area contributed by atoms with Gasteiger partial charge in [0.2, 0.25) is 0 Å². The molecule has 1 aliphatic carbocycles. The highest BCUT2D eigenvalue weighted by atomic mass is 16.5. The Bertz CT molecular complexity index is 288. The SMILES string of the molecule is CCCCC(CC)COCC(O)CNC1C(C)(C)C1(C)C. The molecule has 2 N–H and O–H groups in total. The lowest BCUT2D eigenvalue weighted by atomic mass is 10.0. The van der Waals surface area contributed by atoms with Crippen molar-refractivity contribution in [2.24, 2.45) is 16.7 Å². The second-order valence-corrected chi connectivity index (χ2v) is 7.89. The summed E-state index contributed by atoms with van der Waals surface area (Å²) in [7, 11) is 0. The van der Waals surface area contributed by atoms with Gasteiger partial charge >= 0.3 is 0 Å². The predicted molar refractivity (Wildman–Crippen MR) is 89.5 cm³/mol. The van der Waals surface area contributed by atoms with E-state index in [0.717, 1.165) is 6.61 Å². The molecule has 2 unspecified atom stereocenters. The molecule has 0 aliphatic heterocycles. The van der Waals surface area contributed by atoms with Crippen LogP contribution in [0.25, 0.3) is 0 Å². The van der Waals surface area contributed by atoms with Gasteiger partial charge in [-0.1, -0.05) is 60.8 Å². The van der Waals surface area contributed by atoms with Crippen LogP contribution in [0.2, 0.25) is 0 Å². The normalized spacial score (nSPS) is 23.0. The van der Waals surface area contributed by atoms with Crippen LogP contribution in [-0.2, 0) is 4.74 Å². The number of aliphatic hydroxyl groups excluding tert-OH is 1. The van der Waals surface area contributed by atoms with E-state index in [1.807, 2.05) is 0 Å². The van der Waals surface area contributed by atoms with Crippen LogP contribution in [0, 0.1) is 16.7 Å². The Morgan fingerprint density at radius 1 is 1.10 bits per heavy atom. The van der Waals surface area contributed by atoms with E-state index in [-0.39, 0.29) is 0 Å². The predicted octanol–water partition coefficient (Wildman–Crippen LogP) is 3.60. The van der Waals surface area contributed by atoms with Gasteiger partial charge in [-0.25, -0.2) is 0 Å². The Morgan fingerprint density at radius 3 is 2.19 bits per heavy atom. The summed E-state index contributed by atoms with van der Waals surface area (Å²) in [5, 5.41) is 13.5. The van der Waals surface area contributed by atoms with E-state index in [0.29, 0.717) is 35.9 Å². The molecule has 2 atom stereocenters. The number of rotatable bonds is 11. The molecule has 0 amide bonds. The fourth-order valence-electron chi connectivity index (χ4n) is 3.29. The first kappa shape index (κ1) is 18.9. The van der Waals surface area contributed by atoms with Gasteiger partial charge in [0.15, 0.2) is 0 Å². The Labute approximate surface area is 131 Å². The molecule has 0 saturated heterocycles. The minimum Gasteiger partial charge on any atom is -0.389 e. The third kappa shape index (κ3) is 4.94. The molecular weight excluding hydrogens is 262 g/mol. The molecule has 1 aliphatic rings. The first-order valence-electron chi connectivity index (χ1n) is 8.76. The summed E-state index contributed by atoms with van der Waals surface area (Å²) in [6.45, 7) is 15.4. The van der Waals surface area contributed by atoms with Crippen LogP contribution in [0.1, 0.15) is 67.2 Å². The zero-order valence-corrected chi connectivity index (χ0v) is 15.0. The maximum atomic E-state index is 10.0. The molecule has 3 heteroatoms. The average Bonchev–Trinajstić information content (AvgIpc) is 2.81. The van der Waals surface area contributed by atoms with Crippen molar-refractivity contribution in [3.8, 4) is 0 Å². The zero-order chi connectivity index (χ0) is 16.1. The Balaban J connectivity index is 2.13. The van der Waals surface area contributed by atoms with Gasteiger partial charge in [-0.3, -0.25) is 0 Å². The number of ether oxygens (including phenoxy) is 1. The first-order chi connectivity index (χ1) is 9.77. The number of hydrogen-bond acceptors (Lipinski definition) is 3. The summed E-state index contributed by atoms with van der Waals surface area (Å²) in [6, 6.07) is 0.493. The van der Waals surface area contributed by atoms with Gasteiger partial charge in [0.1, 0.15) is 0 Å². The highest BCUT2D eigenvalue weighted by Gasteiger charge is 2.64. The number of aliphatic hydroxyl groups is 1. The largest absolute Gasteiger partial charge is 0.389 e. The van der Waals surface area contributed by atoms with Crippen molar-refractivity contribution in [1.82, 2.24) is 5.32 Å². The monoisotopic (exact) mass is 299 g/mol. The van der Waals surface area contributed by atoms with Crippen LogP contribution in [0.5, 0.6) is 0 Å². The van der Waals surface area contributed by atoms with E-state index >= 15 is 0 Å². The van der Waals surface area contributed by atoms with E-state index in [4.69, 9.17) is 4.74 Å². The molecule has 126 valence electrons. The van der Waals surface area contributed by atoms with Crippen LogP contribution in [0.3, 0.4) is 0 Å². The third-order valence-electron chi connectivity index (χ3n) is 5.79. The number of hydrogen-bond donors (Lipinski definition) is 2. The van der Waals surface area contributed by atoms with Gasteiger partial charge in [0.05, 0.1) is 12.7 Å². The van der Waals surface area contributed by atoms with Gasteiger partial charge in [-0.15, -0.1) is 0 Å². The maximum Gasteiger partial charge on any atom is 0.0897 e. The summed E-state index contributed by atoms with van der Waals surface area (Å²) in [4.78, 5) is 0. The van der Waals surface area contributed by atoms with Crippen molar-refractivity contribution >= 4 is 0 Å². The lowest BCUT2D eigenvalue weighted by Gasteiger charge is -2.17. The average molecular weight is 299 g/mol. The molecule has 1 rings (SSSR count). The van der Waals surface area contributed by atoms with Crippen molar-refractivity contribution in [2.45, 2.75) is 79.4 Å². The summed E-state index contributed by atoms with van der Waals surface area (Å²) in [5.41, 5.74) is 0.641. The maximum absolute atomic E-state index is 10.0. The topological polar surface area (TPSA) is 41.5 Å². The molecule has 0 aromatic rings. The molecule has 1 fully saturated rings. The van der Waals surface area contributed by atoms with E-state index < -0.39 is 6.10 Å². The smallest absolute Gasteiger partial charge is 0.0897 e. The van der Waals surface area contributed by atoms with E-state index in [1.165, 1.54) is 25.7 Å². The summed E-state index contributed by atoms with van der Waals surface area (Å²) < 4.78 is 5.71. The number of nitrogens with one attached hydrogen (secondary N) is 1. The fraction of sp³-hybridized carbons (Fsp3) is 1.00. The fourth-order valence-corrected chi connectivity index (χ4v) is 3.29. The molecule has 0 aromatic carbocycles.